The number of nitrogen functional groups attached to an aromatic ring is 1. The first-order valence-corrected chi connectivity index (χ1v) is 6.41. The third kappa shape index (κ3) is 3.07. The highest BCUT2D eigenvalue weighted by Crippen LogP contribution is 2.19. The summed E-state index contributed by atoms with van der Waals surface area (Å²) in [6.45, 7) is 4.99. The molecule has 18 heavy (non-hydrogen) atoms. The lowest BCUT2D eigenvalue weighted by atomic mass is 9.98. The van der Waals surface area contributed by atoms with E-state index in [9.17, 15) is 4.39 Å². The van der Waals surface area contributed by atoms with Crippen molar-refractivity contribution in [3.63, 3.8) is 0 Å². The van der Waals surface area contributed by atoms with Crippen LogP contribution >= 0.6 is 0 Å². The first-order chi connectivity index (χ1) is 8.56. The number of piperidine rings is 1. The number of nitrogens with two attached hydrogens (primary N) is 1. The predicted molar refractivity (Wildman–Crippen MR) is 71.1 cm³/mol. The summed E-state index contributed by atoms with van der Waals surface area (Å²) in [6.07, 6.45) is 2.38. The lowest BCUT2D eigenvalue weighted by Gasteiger charge is -2.30. The molecule has 1 saturated heterocycles. The molecule has 0 saturated carbocycles. The molecule has 3 N–H and O–H groups in total. The fourth-order valence-corrected chi connectivity index (χ4v) is 2.30. The Bertz CT molecular complexity index is 437. The Morgan fingerprint density at radius 1 is 1.44 bits per heavy atom. The highest BCUT2D eigenvalue weighted by molar-refractivity contribution is 5.94. The molecule has 0 amide bonds. The second kappa shape index (κ2) is 5.48. The summed E-state index contributed by atoms with van der Waals surface area (Å²) in [6, 6.07) is 4.81. The van der Waals surface area contributed by atoms with E-state index in [2.05, 4.69) is 11.8 Å². The molecule has 1 aliphatic heterocycles. The van der Waals surface area contributed by atoms with Crippen molar-refractivity contribution in [2.75, 3.05) is 13.1 Å². The Kier molecular flexibility index (Phi) is 3.97. The SMILES string of the molecule is CC1CCN(Cc2ccc(C(=N)N)cc2F)CC1. The maximum atomic E-state index is 13.9. The number of hydrogen-bond acceptors (Lipinski definition) is 2. The van der Waals surface area contributed by atoms with E-state index in [4.69, 9.17) is 11.1 Å². The smallest absolute Gasteiger partial charge is 0.128 e. The van der Waals surface area contributed by atoms with E-state index in [0.717, 1.165) is 19.0 Å². The van der Waals surface area contributed by atoms with E-state index in [1.165, 1.54) is 18.9 Å². The van der Waals surface area contributed by atoms with Gasteiger partial charge >= 0.3 is 0 Å². The monoisotopic (exact) mass is 249 g/mol. The maximum absolute atomic E-state index is 13.9. The van der Waals surface area contributed by atoms with Gasteiger partial charge in [-0.15, -0.1) is 0 Å². The van der Waals surface area contributed by atoms with Crippen LogP contribution in [-0.4, -0.2) is 23.8 Å². The highest BCUT2D eigenvalue weighted by Gasteiger charge is 2.17. The Hall–Kier alpha value is -1.42. The van der Waals surface area contributed by atoms with Crippen molar-refractivity contribution in [1.82, 2.24) is 4.90 Å². The van der Waals surface area contributed by atoms with Crippen LogP contribution in [0.25, 0.3) is 0 Å². The van der Waals surface area contributed by atoms with Crippen molar-refractivity contribution in [2.45, 2.75) is 26.3 Å². The van der Waals surface area contributed by atoms with Gasteiger partial charge in [-0.3, -0.25) is 10.3 Å². The number of hydrogen-bond donors (Lipinski definition) is 2. The molecule has 1 aromatic rings. The van der Waals surface area contributed by atoms with Crippen LogP contribution in [0, 0.1) is 17.1 Å². The first-order valence-electron chi connectivity index (χ1n) is 6.41. The van der Waals surface area contributed by atoms with Crippen molar-refractivity contribution in [3.8, 4) is 0 Å². The van der Waals surface area contributed by atoms with E-state index in [1.54, 1.807) is 12.1 Å². The molecule has 1 aromatic carbocycles. The molecule has 0 aromatic heterocycles. The number of nitrogens with one attached hydrogen (secondary N) is 1. The summed E-state index contributed by atoms with van der Waals surface area (Å²) in [7, 11) is 0. The van der Waals surface area contributed by atoms with E-state index >= 15 is 0 Å². The van der Waals surface area contributed by atoms with Crippen molar-refractivity contribution >= 4 is 5.84 Å². The second-order valence-corrected chi connectivity index (χ2v) is 5.18. The molecule has 0 spiro atoms. The Morgan fingerprint density at radius 2 is 2.11 bits per heavy atom. The lowest BCUT2D eigenvalue weighted by Crippen LogP contribution is -2.32. The number of nitrogens with zero attached hydrogens (tertiary/aromatic N) is 1. The minimum atomic E-state index is -0.263. The molecule has 98 valence electrons. The zero-order valence-corrected chi connectivity index (χ0v) is 10.7. The maximum Gasteiger partial charge on any atom is 0.128 e. The molecular weight excluding hydrogens is 229 g/mol. The standard InChI is InChI=1S/C14H20FN3/c1-10-4-6-18(7-5-10)9-12-3-2-11(14(16)17)8-13(12)15/h2-3,8,10H,4-7,9H2,1H3,(H3,16,17). The van der Waals surface area contributed by atoms with Gasteiger partial charge in [0.2, 0.25) is 0 Å². The van der Waals surface area contributed by atoms with Crippen LogP contribution in [0.5, 0.6) is 0 Å². The van der Waals surface area contributed by atoms with Crippen molar-refractivity contribution in [1.29, 1.82) is 5.41 Å². The molecule has 2 rings (SSSR count). The number of halogens is 1. The van der Waals surface area contributed by atoms with E-state index in [1.807, 2.05) is 0 Å². The van der Waals surface area contributed by atoms with Crippen LogP contribution in [0.1, 0.15) is 30.9 Å². The van der Waals surface area contributed by atoms with Crippen LogP contribution in [0.4, 0.5) is 4.39 Å². The summed E-state index contributed by atoms with van der Waals surface area (Å²) in [5.41, 5.74) is 6.48. The van der Waals surface area contributed by atoms with Gasteiger partial charge in [0.25, 0.3) is 0 Å². The van der Waals surface area contributed by atoms with E-state index in [-0.39, 0.29) is 11.7 Å². The fraction of sp³-hybridized carbons (Fsp3) is 0.500. The van der Waals surface area contributed by atoms with Crippen LogP contribution in [0.3, 0.4) is 0 Å². The summed E-state index contributed by atoms with van der Waals surface area (Å²) in [5, 5.41) is 7.28. The quantitative estimate of drug-likeness (QED) is 0.638. The van der Waals surface area contributed by atoms with Crippen LogP contribution in [0.2, 0.25) is 0 Å². The van der Waals surface area contributed by atoms with E-state index in [0.29, 0.717) is 17.7 Å². The van der Waals surface area contributed by atoms with Crippen molar-refractivity contribution in [2.24, 2.45) is 11.7 Å². The fourth-order valence-electron chi connectivity index (χ4n) is 2.30. The normalized spacial score (nSPS) is 17.9. The predicted octanol–water partition coefficient (Wildman–Crippen LogP) is 2.34. The number of likely N-dealkylation sites (tertiary alicyclic amines) is 1. The molecule has 0 bridgehead atoms. The van der Waals surface area contributed by atoms with Gasteiger partial charge in [0.05, 0.1) is 0 Å². The van der Waals surface area contributed by atoms with Gasteiger partial charge in [-0.25, -0.2) is 4.39 Å². The average Bonchev–Trinajstić information content (AvgIpc) is 2.34. The largest absolute Gasteiger partial charge is 0.384 e. The van der Waals surface area contributed by atoms with Gasteiger partial charge in [0.1, 0.15) is 11.7 Å². The number of amidine groups is 1. The molecule has 0 atom stereocenters. The topological polar surface area (TPSA) is 53.1 Å². The summed E-state index contributed by atoms with van der Waals surface area (Å²) < 4.78 is 13.9. The third-order valence-corrected chi connectivity index (χ3v) is 3.63. The summed E-state index contributed by atoms with van der Waals surface area (Å²) >= 11 is 0. The van der Waals surface area contributed by atoms with Crippen LogP contribution < -0.4 is 5.73 Å². The van der Waals surface area contributed by atoms with Gasteiger partial charge in [0.15, 0.2) is 0 Å². The Labute approximate surface area is 107 Å². The van der Waals surface area contributed by atoms with Crippen LogP contribution in [-0.2, 0) is 6.54 Å². The first kappa shape index (κ1) is 13.0. The minimum Gasteiger partial charge on any atom is -0.384 e. The molecular formula is C14H20FN3. The zero-order chi connectivity index (χ0) is 13.1. The summed E-state index contributed by atoms with van der Waals surface area (Å²) in [5.74, 6) is 0.430. The minimum absolute atomic E-state index is 0.0905. The molecule has 1 heterocycles. The van der Waals surface area contributed by atoms with Gasteiger partial charge in [-0.05, 0) is 37.9 Å². The van der Waals surface area contributed by atoms with Gasteiger partial charge in [0, 0.05) is 17.7 Å². The second-order valence-electron chi connectivity index (χ2n) is 5.18. The molecule has 0 radical (unpaired) electrons. The Balaban J connectivity index is 2.03. The van der Waals surface area contributed by atoms with Gasteiger partial charge < -0.3 is 5.73 Å². The molecule has 0 unspecified atom stereocenters. The molecule has 0 aliphatic carbocycles. The summed E-state index contributed by atoms with van der Waals surface area (Å²) in [4.78, 5) is 2.28. The van der Waals surface area contributed by atoms with Crippen LogP contribution in [0.15, 0.2) is 18.2 Å². The number of benzene rings is 1. The zero-order valence-electron chi connectivity index (χ0n) is 10.7. The Morgan fingerprint density at radius 3 is 2.67 bits per heavy atom. The number of rotatable bonds is 3. The molecule has 3 nitrogen and oxygen atoms in total. The van der Waals surface area contributed by atoms with Gasteiger partial charge in [-0.1, -0.05) is 19.1 Å². The molecule has 4 heteroatoms. The third-order valence-electron chi connectivity index (χ3n) is 3.63. The highest BCUT2D eigenvalue weighted by atomic mass is 19.1. The van der Waals surface area contributed by atoms with E-state index < -0.39 is 0 Å². The molecule has 1 fully saturated rings. The van der Waals surface area contributed by atoms with Crippen molar-refractivity contribution in [3.05, 3.63) is 35.1 Å². The lowest BCUT2D eigenvalue weighted by molar-refractivity contribution is 0.183. The van der Waals surface area contributed by atoms with Gasteiger partial charge in [-0.2, -0.15) is 0 Å². The van der Waals surface area contributed by atoms with Crippen molar-refractivity contribution < 1.29 is 4.39 Å². The molecule has 1 aliphatic rings. The average molecular weight is 249 g/mol.